The molecule has 0 aliphatic carbocycles. The van der Waals surface area contributed by atoms with Gasteiger partial charge in [-0.2, -0.15) is 5.10 Å². The molecule has 3 heterocycles. The molecule has 0 unspecified atom stereocenters. The Hall–Kier alpha value is -3.49. The Morgan fingerprint density at radius 2 is 1.84 bits per heavy atom. The van der Waals surface area contributed by atoms with Crippen LogP contribution in [0.4, 0.5) is 4.39 Å². The quantitative estimate of drug-likeness (QED) is 0.654. The zero-order chi connectivity index (χ0) is 23.0. The third kappa shape index (κ3) is 3.90. The molecule has 0 radical (unpaired) electrons. The predicted molar refractivity (Wildman–Crippen MR) is 117 cm³/mol. The van der Waals surface area contributed by atoms with Gasteiger partial charge in [0.05, 0.1) is 18.1 Å². The van der Waals surface area contributed by atoms with Crippen molar-refractivity contribution >= 4 is 22.6 Å². The predicted octanol–water partition coefficient (Wildman–Crippen LogP) is 1.73. The standard InChI is InChI=1S/C23H26FN5O3/c1-14-18-11-26-29(13-20(30)27-9-7-16(8-10-27)22(25)31)23(32)21(18)15(2)28(14)12-17-5-3-4-6-19(17)24/h3-6,11,16H,7-10,12-13H2,1-2H3,(H2,25,31). The fourth-order valence-electron chi connectivity index (χ4n) is 4.43. The molecule has 1 aliphatic rings. The fourth-order valence-corrected chi connectivity index (χ4v) is 4.43. The number of nitrogens with zero attached hydrogens (tertiary/aromatic N) is 4. The fraction of sp³-hybridized carbons (Fsp3) is 0.391. The molecule has 168 valence electrons. The van der Waals surface area contributed by atoms with Gasteiger partial charge < -0.3 is 15.2 Å². The van der Waals surface area contributed by atoms with Crippen LogP contribution in [0.2, 0.25) is 0 Å². The zero-order valence-electron chi connectivity index (χ0n) is 18.2. The van der Waals surface area contributed by atoms with Crippen LogP contribution in [0.1, 0.15) is 29.8 Å². The molecule has 8 nitrogen and oxygen atoms in total. The average Bonchev–Trinajstić information content (AvgIpc) is 3.02. The van der Waals surface area contributed by atoms with Gasteiger partial charge >= 0.3 is 0 Å². The van der Waals surface area contributed by atoms with Gasteiger partial charge in [0, 0.05) is 41.3 Å². The molecule has 0 saturated carbocycles. The average molecular weight is 439 g/mol. The maximum Gasteiger partial charge on any atom is 0.276 e. The van der Waals surface area contributed by atoms with Crippen molar-refractivity contribution in [2.24, 2.45) is 11.7 Å². The Bertz CT molecular complexity index is 1250. The summed E-state index contributed by atoms with van der Waals surface area (Å²) >= 11 is 0. The number of piperidine rings is 1. The van der Waals surface area contributed by atoms with E-state index < -0.39 is 0 Å². The number of hydrogen-bond acceptors (Lipinski definition) is 4. The molecule has 2 N–H and O–H groups in total. The number of primary amides is 1. The highest BCUT2D eigenvalue weighted by molar-refractivity contribution is 5.87. The number of aromatic nitrogens is 3. The third-order valence-electron chi connectivity index (χ3n) is 6.43. The molecule has 1 fully saturated rings. The van der Waals surface area contributed by atoms with Crippen molar-refractivity contribution in [1.29, 1.82) is 0 Å². The smallest absolute Gasteiger partial charge is 0.276 e. The van der Waals surface area contributed by atoms with Gasteiger partial charge in [-0.1, -0.05) is 18.2 Å². The van der Waals surface area contributed by atoms with E-state index in [9.17, 15) is 18.8 Å². The van der Waals surface area contributed by atoms with Crippen molar-refractivity contribution in [3.8, 4) is 0 Å². The largest absolute Gasteiger partial charge is 0.369 e. The number of aryl methyl sites for hydroxylation is 2. The zero-order valence-corrected chi connectivity index (χ0v) is 18.2. The lowest BCUT2D eigenvalue weighted by molar-refractivity contribution is -0.135. The number of nitrogens with two attached hydrogens (primary N) is 1. The summed E-state index contributed by atoms with van der Waals surface area (Å²) in [6.07, 6.45) is 2.64. The van der Waals surface area contributed by atoms with E-state index in [4.69, 9.17) is 5.73 Å². The highest BCUT2D eigenvalue weighted by Gasteiger charge is 2.26. The van der Waals surface area contributed by atoms with E-state index in [1.54, 1.807) is 29.3 Å². The SMILES string of the molecule is Cc1c2cnn(CC(=O)N3CCC(C(N)=O)CC3)c(=O)c2c(C)n1Cc1ccccc1F. The molecule has 0 spiro atoms. The number of amides is 2. The summed E-state index contributed by atoms with van der Waals surface area (Å²) in [7, 11) is 0. The van der Waals surface area contributed by atoms with E-state index in [1.165, 1.54) is 10.7 Å². The molecule has 32 heavy (non-hydrogen) atoms. The Labute approximate surface area is 184 Å². The Kier molecular flexibility index (Phi) is 5.82. The number of fused-ring (bicyclic) bond motifs is 1. The van der Waals surface area contributed by atoms with Crippen molar-refractivity contribution < 1.29 is 14.0 Å². The summed E-state index contributed by atoms with van der Waals surface area (Å²) in [6, 6.07) is 6.55. The van der Waals surface area contributed by atoms with Crippen LogP contribution in [0, 0.1) is 25.6 Å². The van der Waals surface area contributed by atoms with Crippen molar-refractivity contribution in [1.82, 2.24) is 19.2 Å². The van der Waals surface area contributed by atoms with Gasteiger partial charge in [0.1, 0.15) is 12.4 Å². The minimum absolute atomic E-state index is 0.174. The summed E-state index contributed by atoms with van der Waals surface area (Å²) < 4.78 is 17.2. The number of likely N-dealkylation sites (tertiary alicyclic amines) is 1. The summed E-state index contributed by atoms with van der Waals surface area (Å²) in [4.78, 5) is 38.9. The lowest BCUT2D eigenvalue weighted by Crippen LogP contribution is -2.44. The topological polar surface area (TPSA) is 103 Å². The normalized spacial score (nSPS) is 14.8. The number of carbonyl (C=O) groups excluding carboxylic acids is 2. The first-order valence-electron chi connectivity index (χ1n) is 10.6. The van der Waals surface area contributed by atoms with Crippen LogP contribution >= 0.6 is 0 Å². The molecule has 1 aliphatic heterocycles. The number of rotatable bonds is 5. The number of hydrogen-bond donors (Lipinski definition) is 1. The summed E-state index contributed by atoms with van der Waals surface area (Å²) in [6.45, 7) is 4.67. The third-order valence-corrected chi connectivity index (χ3v) is 6.43. The van der Waals surface area contributed by atoms with Gasteiger partial charge in [0.25, 0.3) is 5.56 Å². The van der Waals surface area contributed by atoms with Gasteiger partial charge in [0.15, 0.2) is 0 Å². The molecule has 1 saturated heterocycles. The lowest BCUT2D eigenvalue weighted by Gasteiger charge is -2.30. The van der Waals surface area contributed by atoms with E-state index in [0.717, 1.165) is 5.69 Å². The monoisotopic (exact) mass is 439 g/mol. The van der Waals surface area contributed by atoms with Crippen LogP contribution in [0.15, 0.2) is 35.3 Å². The first-order valence-corrected chi connectivity index (χ1v) is 10.6. The summed E-state index contributed by atoms with van der Waals surface area (Å²) in [5.41, 5.74) is 7.05. The van der Waals surface area contributed by atoms with Crippen molar-refractivity contribution in [2.75, 3.05) is 13.1 Å². The Morgan fingerprint density at radius 1 is 1.16 bits per heavy atom. The van der Waals surface area contributed by atoms with Crippen LogP contribution in [-0.4, -0.2) is 44.2 Å². The summed E-state index contributed by atoms with van der Waals surface area (Å²) in [5.74, 6) is -1.07. The molecule has 9 heteroatoms. The van der Waals surface area contributed by atoms with Crippen LogP contribution in [0.25, 0.3) is 10.8 Å². The molecule has 4 rings (SSSR count). The van der Waals surface area contributed by atoms with Gasteiger partial charge in [-0.25, -0.2) is 9.07 Å². The maximum atomic E-state index is 14.2. The lowest BCUT2D eigenvalue weighted by atomic mass is 9.96. The van der Waals surface area contributed by atoms with Gasteiger partial charge in [0.2, 0.25) is 11.8 Å². The molecule has 1 aromatic carbocycles. The molecule has 2 aromatic heterocycles. The minimum atomic E-state index is -0.351. The second kappa shape index (κ2) is 8.57. The van der Waals surface area contributed by atoms with Crippen molar-refractivity contribution in [3.63, 3.8) is 0 Å². The van der Waals surface area contributed by atoms with Crippen molar-refractivity contribution in [2.45, 2.75) is 39.8 Å². The second-order valence-electron chi connectivity index (χ2n) is 8.30. The first-order chi connectivity index (χ1) is 15.3. The number of benzene rings is 1. The van der Waals surface area contributed by atoms with Gasteiger partial charge in [-0.3, -0.25) is 14.4 Å². The maximum absolute atomic E-state index is 14.2. The van der Waals surface area contributed by atoms with E-state index in [-0.39, 0.29) is 35.7 Å². The molecule has 2 amide bonds. The summed E-state index contributed by atoms with van der Waals surface area (Å²) in [5, 5.41) is 5.39. The molecular formula is C23H26FN5O3. The molecule has 3 aromatic rings. The first kappa shape index (κ1) is 21.7. The van der Waals surface area contributed by atoms with Crippen LogP contribution in [-0.2, 0) is 22.7 Å². The Balaban J connectivity index is 1.60. The second-order valence-corrected chi connectivity index (χ2v) is 8.30. The van der Waals surface area contributed by atoms with Crippen LogP contribution < -0.4 is 11.3 Å². The minimum Gasteiger partial charge on any atom is -0.369 e. The highest BCUT2D eigenvalue weighted by atomic mass is 19.1. The number of carbonyl (C=O) groups is 2. The molecule has 0 atom stereocenters. The number of halogens is 1. The van der Waals surface area contributed by atoms with E-state index in [1.807, 2.05) is 18.4 Å². The van der Waals surface area contributed by atoms with Crippen molar-refractivity contribution in [3.05, 3.63) is 63.6 Å². The van der Waals surface area contributed by atoms with E-state index >= 15 is 0 Å². The van der Waals surface area contributed by atoms with Crippen LogP contribution in [0.5, 0.6) is 0 Å². The van der Waals surface area contributed by atoms with E-state index in [0.29, 0.717) is 54.5 Å². The molecule has 0 bridgehead atoms. The van der Waals surface area contributed by atoms with Gasteiger partial charge in [-0.15, -0.1) is 0 Å². The Morgan fingerprint density at radius 3 is 2.50 bits per heavy atom. The molecular weight excluding hydrogens is 413 g/mol. The van der Waals surface area contributed by atoms with Crippen LogP contribution in [0.3, 0.4) is 0 Å². The highest BCUT2D eigenvalue weighted by Crippen LogP contribution is 2.24. The van der Waals surface area contributed by atoms with E-state index in [2.05, 4.69) is 5.10 Å². The van der Waals surface area contributed by atoms with Gasteiger partial charge in [-0.05, 0) is 32.8 Å².